The normalized spacial score (nSPS) is 10.7. The Hall–Kier alpha value is -2.10. The van der Waals surface area contributed by atoms with E-state index in [2.05, 4.69) is 24.4 Å². The third-order valence-electron chi connectivity index (χ3n) is 2.79. The fourth-order valence-electron chi connectivity index (χ4n) is 1.75. The molecule has 108 valence electrons. The SMILES string of the molecule is CCC=CCCNc1cccc(C(=O)CCC(=O)O)c1. The minimum atomic E-state index is -0.949. The number of aliphatic carboxylic acids is 1. The summed E-state index contributed by atoms with van der Waals surface area (Å²) in [5.41, 5.74) is 1.44. The molecule has 1 aromatic rings. The van der Waals surface area contributed by atoms with E-state index in [0.717, 1.165) is 25.1 Å². The van der Waals surface area contributed by atoms with Crippen LogP contribution in [0.2, 0.25) is 0 Å². The summed E-state index contributed by atoms with van der Waals surface area (Å²) in [6, 6.07) is 7.19. The summed E-state index contributed by atoms with van der Waals surface area (Å²) in [4.78, 5) is 22.3. The molecule has 0 aromatic heterocycles. The third-order valence-corrected chi connectivity index (χ3v) is 2.79. The van der Waals surface area contributed by atoms with Gasteiger partial charge in [-0.1, -0.05) is 31.2 Å². The molecule has 0 aliphatic carbocycles. The van der Waals surface area contributed by atoms with E-state index >= 15 is 0 Å². The number of hydrogen-bond acceptors (Lipinski definition) is 3. The first-order valence-electron chi connectivity index (χ1n) is 6.87. The molecule has 0 fully saturated rings. The van der Waals surface area contributed by atoms with Gasteiger partial charge in [-0.15, -0.1) is 0 Å². The van der Waals surface area contributed by atoms with Crippen LogP contribution in [0.1, 0.15) is 43.0 Å². The van der Waals surface area contributed by atoms with Gasteiger partial charge in [0.25, 0.3) is 0 Å². The topological polar surface area (TPSA) is 66.4 Å². The quantitative estimate of drug-likeness (QED) is 0.411. The zero-order valence-corrected chi connectivity index (χ0v) is 11.8. The Labute approximate surface area is 119 Å². The first kappa shape index (κ1) is 16.0. The maximum absolute atomic E-state index is 11.8. The number of hydrogen-bond donors (Lipinski definition) is 2. The molecule has 0 atom stereocenters. The van der Waals surface area contributed by atoms with E-state index in [4.69, 9.17) is 5.11 Å². The van der Waals surface area contributed by atoms with Crippen molar-refractivity contribution in [3.63, 3.8) is 0 Å². The zero-order valence-electron chi connectivity index (χ0n) is 11.8. The molecule has 1 rings (SSSR count). The van der Waals surface area contributed by atoms with Crippen molar-refractivity contribution in [3.05, 3.63) is 42.0 Å². The van der Waals surface area contributed by atoms with Crippen LogP contribution < -0.4 is 5.32 Å². The molecule has 4 nitrogen and oxygen atoms in total. The van der Waals surface area contributed by atoms with Crippen molar-refractivity contribution in [2.24, 2.45) is 0 Å². The van der Waals surface area contributed by atoms with E-state index in [1.165, 1.54) is 0 Å². The minimum absolute atomic E-state index is 0.0397. The number of carboxylic acids is 1. The molecule has 0 bridgehead atoms. The second kappa shape index (κ2) is 8.91. The Kier molecular flexibility index (Phi) is 7.11. The predicted molar refractivity (Wildman–Crippen MR) is 80.2 cm³/mol. The monoisotopic (exact) mass is 275 g/mol. The Morgan fingerprint density at radius 2 is 2.05 bits per heavy atom. The van der Waals surface area contributed by atoms with Crippen LogP contribution in [0.3, 0.4) is 0 Å². The molecule has 0 spiro atoms. The summed E-state index contributed by atoms with van der Waals surface area (Å²) in [6.45, 7) is 2.90. The van der Waals surface area contributed by atoms with E-state index in [0.29, 0.717) is 5.56 Å². The molecule has 0 heterocycles. The molecule has 0 aliphatic heterocycles. The maximum Gasteiger partial charge on any atom is 0.303 e. The molecule has 2 N–H and O–H groups in total. The lowest BCUT2D eigenvalue weighted by Gasteiger charge is -2.06. The minimum Gasteiger partial charge on any atom is -0.481 e. The molecule has 0 radical (unpaired) electrons. The van der Waals surface area contributed by atoms with Crippen molar-refractivity contribution in [1.29, 1.82) is 0 Å². The highest BCUT2D eigenvalue weighted by molar-refractivity contribution is 5.98. The van der Waals surface area contributed by atoms with Crippen molar-refractivity contribution < 1.29 is 14.7 Å². The fraction of sp³-hybridized carbons (Fsp3) is 0.375. The number of carbonyl (C=O) groups is 2. The molecule has 0 saturated heterocycles. The van der Waals surface area contributed by atoms with Gasteiger partial charge < -0.3 is 10.4 Å². The molecule has 4 heteroatoms. The van der Waals surface area contributed by atoms with E-state index in [1.54, 1.807) is 18.2 Å². The first-order chi connectivity index (χ1) is 9.63. The molecular formula is C16H21NO3. The number of anilines is 1. The standard InChI is InChI=1S/C16H21NO3/c1-2-3-4-5-11-17-14-8-6-7-13(12-14)15(18)9-10-16(19)20/h3-4,6-8,12,17H,2,5,9-11H2,1H3,(H,19,20). The number of Topliss-reactive ketones (excluding diaryl/α,β-unsaturated/α-hetero) is 1. The molecule has 0 saturated carbocycles. The van der Waals surface area contributed by atoms with Gasteiger partial charge in [0, 0.05) is 24.2 Å². The summed E-state index contributed by atoms with van der Waals surface area (Å²) >= 11 is 0. The highest BCUT2D eigenvalue weighted by atomic mass is 16.4. The number of carbonyl (C=O) groups excluding carboxylic acids is 1. The summed E-state index contributed by atoms with van der Waals surface area (Å²) < 4.78 is 0. The lowest BCUT2D eigenvalue weighted by Crippen LogP contribution is -2.05. The molecule has 0 unspecified atom stereocenters. The Balaban J connectivity index is 2.50. The number of rotatable bonds is 9. The number of ketones is 1. The van der Waals surface area contributed by atoms with Gasteiger partial charge in [0.1, 0.15) is 0 Å². The Morgan fingerprint density at radius 3 is 2.75 bits per heavy atom. The molecule has 0 aliphatic rings. The third kappa shape index (κ3) is 6.18. The Morgan fingerprint density at radius 1 is 1.25 bits per heavy atom. The summed E-state index contributed by atoms with van der Waals surface area (Å²) in [5.74, 6) is -1.09. The predicted octanol–water partition coefficient (Wildman–Crippen LogP) is 3.50. The van der Waals surface area contributed by atoms with E-state index < -0.39 is 5.97 Å². The average Bonchev–Trinajstić information content (AvgIpc) is 2.45. The number of nitrogens with one attached hydrogen (secondary N) is 1. The van der Waals surface area contributed by atoms with Crippen LogP contribution in [0.15, 0.2) is 36.4 Å². The fourth-order valence-corrected chi connectivity index (χ4v) is 1.75. The molecule has 0 amide bonds. The van der Waals surface area contributed by atoms with Crippen LogP contribution in [-0.2, 0) is 4.79 Å². The van der Waals surface area contributed by atoms with Crippen molar-refractivity contribution in [1.82, 2.24) is 0 Å². The summed E-state index contributed by atoms with van der Waals surface area (Å²) in [6.07, 6.45) is 6.12. The lowest BCUT2D eigenvalue weighted by molar-refractivity contribution is -0.136. The van der Waals surface area contributed by atoms with Crippen LogP contribution in [0.25, 0.3) is 0 Å². The van der Waals surface area contributed by atoms with E-state index in [1.807, 2.05) is 6.07 Å². The van der Waals surface area contributed by atoms with Crippen LogP contribution in [0, 0.1) is 0 Å². The van der Waals surface area contributed by atoms with Crippen molar-refractivity contribution in [2.75, 3.05) is 11.9 Å². The summed E-state index contributed by atoms with van der Waals surface area (Å²) in [5, 5.41) is 11.8. The molecule has 20 heavy (non-hydrogen) atoms. The van der Waals surface area contributed by atoms with Gasteiger partial charge in [-0.3, -0.25) is 9.59 Å². The van der Waals surface area contributed by atoms with Gasteiger partial charge in [0.2, 0.25) is 0 Å². The second-order valence-corrected chi connectivity index (χ2v) is 4.49. The van der Waals surface area contributed by atoms with Crippen molar-refractivity contribution in [3.8, 4) is 0 Å². The van der Waals surface area contributed by atoms with Gasteiger partial charge >= 0.3 is 5.97 Å². The Bertz CT molecular complexity index is 480. The smallest absolute Gasteiger partial charge is 0.303 e. The van der Waals surface area contributed by atoms with Gasteiger partial charge in [-0.25, -0.2) is 0 Å². The van der Waals surface area contributed by atoms with E-state index in [-0.39, 0.29) is 18.6 Å². The number of benzene rings is 1. The van der Waals surface area contributed by atoms with Crippen LogP contribution in [0.5, 0.6) is 0 Å². The highest BCUT2D eigenvalue weighted by Gasteiger charge is 2.08. The number of allylic oxidation sites excluding steroid dienone is 1. The van der Waals surface area contributed by atoms with Crippen LogP contribution in [-0.4, -0.2) is 23.4 Å². The van der Waals surface area contributed by atoms with Gasteiger partial charge in [0.15, 0.2) is 5.78 Å². The van der Waals surface area contributed by atoms with Crippen molar-refractivity contribution in [2.45, 2.75) is 32.6 Å². The first-order valence-corrected chi connectivity index (χ1v) is 6.87. The van der Waals surface area contributed by atoms with Crippen LogP contribution >= 0.6 is 0 Å². The largest absolute Gasteiger partial charge is 0.481 e. The molecular weight excluding hydrogens is 254 g/mol. The summed E-state index contributed by atoms with van der Waals surface area (Å²) in [7, 11) is 0. The van der Waals surface area contributed by atoms with Gasteiger partial charge in [-0.2, -0.15) is 0 Å². The van der Waals surface area contributed by atoms with Crippen LogP contribution in [0.4, 0.5) is 5.69 Å². The van der Waals surface area contributed by atoms with Gasteiger partial charge in [0.05, 0.1) is 6.42 Å². The average molecular weight is 275 g/mol. The zero-order chi connectivity index (χ0) is 14.8. The van der Waals surface area contributed by atoms with Crippen molar-refractivity contribution >= 4 is 17.4 Å². The van der Waals surface area contributed by atoms with E-state index in [9.17, 15) is 9.59 Å². The molecule has 1 aromatic carbocycles. The second-order valence-electron chi connectivity index (χ2n) is 4.49. The maximum atomic E-state index is 11.8. The van der Waals surface area contributed by atoms with Gasteiger partial charge in [-0.05, 0) is 25.0 Å². The number of carboxylic acid groups (broad SMARTS) is 1. The lowest BCUT2D eigenvalue weighted by atomic mass is 10.1. The highest BCUT2D eigenvalue weighted by Crippen LogP contribution is 2.13.